The van der Waals surface area contributed by atoms with Crippen LogP contribution in [0.25, 0.3) is 21.7 Å². The van der Waals surface area contributed by atoms with Crippen LogP contribution in [0.15, 0.2) is 41.0 Å². The van der Waals surface area contributed by atoms with E-state index in [1.165, 1.54) is 0 Å². The number of fused-ring (bicyclic) bond motifs is 3. The fraction of sp³-hybridized carbons (Fsp3) is 0.222. The van der Waals surface area contributed by atoms with Gasteiger partial charge in [-0.15, -0.1) is 0 Å². The molecule has 116 valence electrons. The molecule has 2 amide bonds. The Balaban J connectivity index is 1.92. The molecule has 1 fully saturated rings. The number of carbonyl (C=O) groups excluding carboxylic acids is 2. The number of methoxy groups -OCH3 is 1. The third-order valence-electron chi connectivity index (χ3n) is 4.40. The number of furan rings is 1. The van der Waals surface area contributed by atoms with Crippen LogP contribution in [-0.2, 0) is 9.59 Å². The highest BCUT2D eigenvalue weighted by molar-refractivity contribution is 6.10. The van der Waals surface area contributed by atoms with Crippen molar-refractivity contribution in [2.24, 2.45) is 0 Å². The van der Waals surface area contributed by atoms with Crippen LogP contribution in [0.1, 0.15) is 24.3 Å². The highest BCUT2D eigenvalue weighted by Crippen LogP contribution is 2.37. The number of ether oxygens (including phenoxy) is 1. The van der Waals surface area contributed by atoms with Crippen LogP contribution in [0.4, 0.5) is 0 Å². The summed E-state index contributed by atoms with van der Waals surface area (Å²) in [5.41, 5.74) is 1.57. The van der Waals surface area contributed by atoms with Crippen LogP contribution in [-0.4, -0.2) is 18.9 Å². The summed E-state index contributed by atoms with van der Waals surface area (Å²) in [6, 6.07) is 9.69. The first-order valence-corrected chi connectivity index (χ1v) is 7.49. The van der Waals surface area contributed by atoms with Crippen LogP contribution >= 0.6 is 0 Å². The van der Waals surface area contributed by atoms with Crippen molar-refractivity contribution in [2.45, 2.75) is 18.8 Å². The quantitative estimate of drug-likeness (QED) is 0.739. The molecule has 1 aromatic heterocycles. The molecule has 4 rings (SSSR count). The van der Waals surface area contributed by atoms with E-state index in [0.29, 0.717) is 12.8 Å². The molecule has 5 nitrogen and oxygen atoms in total. The first-order valence-electron chi connectivity index (χ1n) is 7.49. The Labute approximate surface area is 132 Å². The van der Waals surface area contributed by atoms with Gasteiger partial charge in [-0.25, -0.2) is 0 Å². The van der Waals surface area contributed by atoms with Gasteiger partial charge in [-0.05, 0) is 41.5 Å². The van der Waals surface area contributed by atoms with Crippen molar-refractivity contribution < 1.29 is 18.7 Å². The van der Waals surface area contributed by atoms with Gasteiger partial charge in [-0.3, -0.25) is 14.9 Å². The van der Waals surface area contributed by atoms with Gasteiger partial charge < -0.3 is 9.15 Å². The van der Waals surface area contributed by atoms with Crippen molar-refractivity contribution in [2.75, 3.05) is 7.11 Å². The van der Waals surface area contributed by atoms with Gasteiger partial charge in [-0.1, -0.05) is 6.07 Å². The second-order valence-corrected chi connectivity index (χ2v) is 5.72. The number of hydrogen-bond donors (Lipinski definition) is 1. The lowest BCUT2D eigenvalue weighted by Gasteiger charge is -2.20. The second-order valence-electron chi connectivity index (χ2n) is 5.72. The molecule has 1 saturated heterocycles. The molecule has 23 heavy (non-hydrogen) atoms. The predicted octanol–water partition coefficient (Wildman–Crippen LogP) is 3.11. The zero-order valence-corrected chi connectivity index (χ0v) is 12.6. The minimum Gasteiger partial charge on any atom is -0.497 e. The number of rotatable bonds is 2. The number of piperidine rings is 1. The van der Waals surface area contributed by atoms with E-state index >= 15 is 0 Å². The molecule has 1 unspecified atom stereocenters. The fourth-order valence-electron chi connectivity index (χ4n) is 3.24. The Morgan fingerprint density at radius 3 is 2.87 bits per heavy atom. The molecule has 1 aliphatic heterocycles. The van der Waals surface area contributed by atoms with E-state index in [2.05, 4.69) is 5.32 Å². The average Bonchev–Trinajstić information content (AvgIpc) is 2.98. The van der Waals surface area contributed by atoms with E-state index < -0.39 is 0 Å². The van der Waals surface area contributed by atoms with E-state index in [0.717, 1.165) is 33.1 Å². The smallest absolute Gasteiger partial charge is 0.234 e. The molecule has 0 spiro atoms. The summed E-state index contributed by atoms with van der Waals surface area (Å²) < 4.78 is 10.9. The molecule has 0 radical (unpaired) electrons. The number of imide groups is 1. The summed E-state index contributed by atoms with van der Waals surface area (Å²) in [5, 5.41) is 5.37. The fourth-order valence-corrected chi connectivity index (χ4v) is 3.24. The van der Waals surface area contributed by atoms with Crippen molar-refractivity contribution in [3.05, 3.63) is 42.2 Å². The number of hydrogen-bond acceptors (Lipinski definition) is 4. The van der Waals surface area contributed by atoms with Crippen molar-refractivity contribution in [3.63, 3.8) is 0 Å². The van der Waals surface area contributed by atoms with Crippen molar-refractivity contribution >= 4 is 33.6 Å². The normalized spacial score (nSPS) is 18.4. The molecule has 1 atom stereocenters. The van der Waals surface area contributed by atoms with E-state index in [9.17, 15) is 9.59 Å². The lowest BCUT2D eigenvalue weighted by molar-refractivity contribution is -0.134. The van der Waals surface area contributed by atoms with Crippen LogP contribution in [0, 0.1) is 0 Å². The molecule has 0 aliphatic carbocycles. The molecule has 1 aliphatic rings. The molecule has 1 N–H and O–H groups in total. The minimum absolute atomic E-state index is 0.214. The van der Waals surface area contributed by atoms with Crippen LogP contribution < -0.4 is 10.1 Å². The molecule has 5 heteroatoms. The summed E-state index contributed by atoms with van der Waals surface area (Å²) >= 11 is 0. The zero-order chi connectivity index (χ0) is 16.0. The monoisotopic (exact) mass is 309 g/mol. The van der Waals surface area contributed by atoms with Crippen LogP contribution in [0.5, 0.6) is 5.75 Å². The Morgan fingerprint density at radius 1 is 1.22 bits per heavy atom. The lowest BCUT2D eigenvalue weighted by atomic mass is 9.89. The molecule has 2 aromatic carbocycles. The molecule has 0 bridgehead atoms. The van der Waals surface area contributed by atoms with Gasteiger partial charge in [0.25, 0.3) is 0 Å². The molecular weight excluding hydrogens is 294 g/mol. The summed E-state index contributed by atoms with van der Waals surface area (Å²) in [6.07, 6.45) is 2.49. The summed E-state index contributed by atoms with van der Waals surface area (Å²) in [5.74, 6) is -0.0485. The van der Waals surface area contributed by atoms with Crippen LogP contribution in [0.3, 0.4) is 0 Å². The third kappa shape index (κ3) is 2.16. The van der Waals surface area contributed by atoms with E-state index in [1.54, 1.807) is 13.4 Å². The maximum absolute atomic E-state index is 12.2. The number of carbonyl (C=O) groups is 2. The van der Waals surface area contributed by atoms with E-state index in [1.807, 2.05) is 30.3 Å². The maximum atomic E-state index is 12.2. The van der Waals surface area contributed by atoms with Crippen LogP contribution in [0.2, 0.25) is 0 Å². The van der Waals surface area contributed by atoms with Gasteiger partial charge >= 0.3 is 0 Å². The van der Waals surface area contributed by atoms with E-state index in [-0.39, 0.29) is 17.7 Å². The maximum Gasteiger partial charge on any atom is 0.234 e. The Kier molecular flexibility index (Phi) is 3.08. The van der Waals surface area contributed by atoms with Gasteiger partial charge in [0.2, 0.25) is 11.8 Å². The topological polar surface area (TPSA) is 68.5 Å². The third-order valence-corrected chi connectivity index (χ3v) is 4.40. The second kappa shape index (κ2) is 5.12. The Morgan fingerprint density at radius 2 is 2.09 bits per heavy atom. The lowest BCUT2D eigenvalue weighted by Crippen LogP contribution is -2.39. The van der Waals surface area contributed by atoms with E-state index in [4.69, 9.17) is 9.15 Å². The zero-order valence-electron chi connectivity index (χ0n) is 12.6. The van der Waals surface area contributed by atoms with Gasteiger partial charge in [0.1, 0.15) is 11.3 Å². The molecular formula is C18H15NO4. The SMILES string of the molecule is COc1ccc2c(ccc3occ(C4CCC(=O)NC4=O)c32)c1. The summed E-state index contributed by atoms with van der Waals surface area (Å²) in [7, 11) is 1.63. The van der Waals surface area contributed by atoms with Gasteiger partial charge in [-0.2, -0.15) is 0 Å². The largest absolute Gasteiger partial charge is 0.497 e. The average molecular weight is 309 g/mol. The van der Waals surface area contributed by atoms with Gasteiger partial charge in [0, 0.05) is 17.4 Å². The molecule has 2 heterocycles. The van der Waals surface area contributed by atoms with Crippen molar-refractivity contribution in [1.82, 2.24) is 5.32 Å². The minimum atomic E-state index is -0.360. The number of nitrogens with one attached hydrogen (secondary N) is 1. The first kappa shape index (κ1) is 13.8. The predicted molar refractivity (Wildman–Crippen MR) is 85.4 cm³/mol. The summed E-state index contributed by atoms with van der Waals surface area (Å²) in [4.78, 5) is 23.6. The standard InChI is InChI=1S/C18H15NO4/c1-22-11-3-4-12-10(8-11)2-6-15-17(12)14(9-23-15)13-5-7-16(20)19-18(13)21/h2-4,6,8-9,13H,5,7H2,1H3,(H,19,20,21). The highest BCUT2D eigenvalue weighted by Gasteiger charge is 2.30. The first-order chi connectivity index (χ1) is 11.2. The van der Waals surface area contributed by atoms with Crippen molar-refractivity contribution in [3.8, 4) is 5.75 Å². The Hall–Kier alpha value is -2.82. The molecule has 0 saturated carbocycles. The number of amides is 2. The molecule has 3 aromatic rings. The highest BCUT2D eigenvalue weighted by atomic mass is 16.5. The Bertz CT molecular complexity index is 941. The van der Waals surface area contributed by atoms with Gasteiger partial charge in [0.05, 0.1) is 19.3 Å². The van der Waals surface area contributed by atoms with Crippen molar-refractivity contribution in [1.29, 1.82) is 0 Å². The number of benzene rings is 2. The summed E-state index contributed by atoms with van der Waals surface area (Å²) in [6.45, 7) is 0. The van der Waals surface area contributed by atoms with Gasteiger partial charge in [0.15, 0.2) is 0 Å².